The molecule has 0 bridgehead atoms. The Morgan fingerprint density at radius 1 is 1.42 bits per heavy atom. The number of ether oxygens (including phenoxy) is 1. The lowest BCUT2D eigenvalue weighted by Gasteiger charge is -2.17. The van der Waals surface area contributed by atoms with Crippen LogP contribution < -0.4 is 5.73 Å². The minimum Gasteiger partial charge on any atom is -0.378 e. The van der Waals surface area contributed by atoms with Crippen molar-refractivity contribution in [3.8, 4) is 0 Å². The van der Waals surface area contributed by atoms with Crippen molar-refractivity contribution in [1.29, 1.82) is 0 Å². The number of rotatable bonds is 5. The zero-order chi connectivity index (χ0) is 8.81. The zero-order valence-corrected chi connectivity index (χ0v) is 7.47. The van der Waals surface area contributed by atoms with Crippen molar-refractivity contribution < 1.29 is 9.13 Å². The Bertz CT molecular complexity index is 121. The SMILES string of the molecule is NCC1CCCC1OCCCF. The minimum atomic E-state index is -0.278. The first-order valence-corrected chi connectivity index (χ1v) is 4.76. The first-order valence-electron chi connectivity index (χ1n) is 4.76. The van der Waals surface area contributed by atoms with Crippen LogP contribution in [0.3, 0.4) is 0 Å². The fraction of sp³-hybridized carbons (Fsp3) is 1.00. The highest BCUT2D eigenvalue weighted by Gasteiger charge is 2.26. The lowest BCUT2D eigenvalue weighted by Crippen LogP contribution is -2.25. The maximum Gasteiger partial charge on any atom is 0.0916 e. The topological polar surface area (TPSA) is 35.2 Å². The Kier molecular flexibility index (Phi) is 4.54. The summed E-state index contributed by atoms with van der Waals surface area (Å²) in [4.78, 5) is 0. The van der Waals surface area contributed by atoms with Gasteiger partial charge < -0.3 is 10.5 Å². The van der Waals surface area contributed by atoms with E-state index in [0.29, 0.717) is 31.6 Å². The predicted octanol–water partition coefficient (Wildman–Crippen LogP) is 1.49. The van der Waals surface area contributed by atoms with Crippen molar-refractivity contribution in [1.82, 2.24) is 0 Å². The van der Waals surface area contributed by atoms with Crippen LogP contribution in [0.1, 0.15) is 25.7 Å². The third-order valence-electron chi connectivity index (χ3n) is 2.50. The molecular weight excluding hydrogens is 157 g/mol. The van der Waals surface area contributed by atoms with Gasteiger partial charge >= 0.3 is 0 Å². The molecule has 0 heterocycles. The Labute approximate surface area is 73.3 Å². The van der Waals surface area contributed by atoms with Crippen LogP contribution >= 0.6 is 0 Å². The number of nitrogens with two attached hydrogens (primary N) is 1. The molecule has 2 unspecified atom stereocenters. The summed E-state index contributed by atoms with van der Waals surface area (Å²) in [7, 11) is 0. The van der Waals surface area contributed by atoms with Gasteiger partial charge in [0.2, 0.25) is 0 Å². The number of alkyl halides is 1. The van der Waals surface area contributed by atoms with E-state index in [0.717, 1.165) is 6.42 Å². The van der Waals surface area contributed by atoms with Gasteiger partial charge in [0.05, 0.1) is 12.8 Å². The van der Waals surface area contributed by atoms with Crippen LogP contribution in [0.15, 0.2) is 0 Å². The van der Waals surface area contributed by atoms with Crippen LogP contribution in [-0.4, -0.2) is 25.9 Å². The smallest absolute Gasteiger partial charge is 0.0916 e. The third kappa shape index (κ3) is 2.72. The van der Waals surface area contributed by atoms with E-state index in [2.05, 4.69) is 0 Å². The largest absolute Gasteiger partial charge is 0.378 e. The van der Waals surface area contributed by atoms with Gasteiger partial charge in [-0.15, -0.1) is 0 Å². The van der Waals surface area contributed by atoms with Gasteiger partial charge in [0.1, 0.15) is 0 Å². The van der Waals surface area contributed by atoms with E-state index in [1.54, 1.807) is 0 Å². The molecule has 0 aromatic heterocycles. The van der Waals surface area contributed by atoms with Crippen LogP contribution in [0, 0.1) is 5.92 Å². The van der Waals surface area contributed by atoms with E-state index in [4.69, 9.17) is 10.5 Å². The van der Waals surface area contributed by atoms with Crippen molar-refractivity contribution in [3.05, 3.63) is 0 Å². The average molecular weight is 175 g/mol. The Morgan fingerprint density at radius 3 is 2.92 bits per heavy atom. The van der Waals surface area contributed by atoms with Gasteiger partial charge in [-0.1, -0.05) is 6.42 Å². The summed E-state index contributed by atoms with van der Waals surface area (Å²) in [6.45, 7) is 0.984. The third-order valence-corrected chi connectivity index (χ3v) is 2.50. The maximum atomic E-state index is 11.7. The molecule has 12 heavy (non-hydrogen) atoms. The molecule has 0 aromatic rings. The van der Waals surface area contributed by atoms with E-state index in [1.807, 2.05) is 0 Å². The van der Waals surface area contributed by atoms with Crippen LogP contribution in [-0.2, 0) is 4.74 Å². The molecule has 3 heteroatoms. The highest BCUT2D eigenvalue weighted by molar-refractivity contribution is 4.78. The summed E-state index contributed by atoms with van der Waals surface area (Å²) in [5.41, 5.74) is 5.57. The van der Waals surface area contributed by atoms with Crippen molar-refractivity contribution in [2.45, 2.75) is 31.8 Å². The monoisotopic (exact) mass is 175 g/mol. The van der Waals surface area contributed by atoms with E-state index < -0.39 is 0 Å². The molecule has 0 radical (unpaired) electrons. The average Bonchev–Trinajstić information content (AvgIpc) is 2.52. The highest BCUT2D eigenvalue weighted by Crippen LogP contribution is 2.27. The van der Waals surface area contributed by atoms with Gasteiger partial charge in [-0.05, 0) is 31.7 Å². The van der Waals surface area contributed by atoms with Gasteiger partial charge in [0.25, 0.3) is 0 Å². The second-order valence-corrected chi connectivity index (χ2v) is 3.38. The van der Waals surface area contributed by atoms with Crippen molar-refractivity contribution in [3.63, 3.8) is 0 Å². The molecule has 0 saturated heterocycles. The first kappa shape index (κ1) is 9.93. The predicted molar refractivity (Wildman–Crippen MR) is 46.7 cm³/mol. The molecule has 1 rings (SSSR count). The molecule has 1 aliphatic carbocycles. The number of halogens is 1. The van der Waals surface area contributed by atoms with Crippen LogP contribution in [0.25, 0.3) is 0 Å². The summed E-state index contributed by atoms with van der Waals surface area (Å²) in [6, 6.07) is 0. The molecule has 0 amide bonds. The van der Waals surface area contributed by atoms with Gasteiger partial charge in [-0.25, -0.2) is 0 Å². The van der Waals surface area contributed by atoms with Crippen LogP contribution in [0.5, 0.6) is 0 Å². The summed E-state index contributed by atoms with van der Waals surface area (Å²) in [6.07, 6.45) is 4.32. The van der Waals surface area contributed by atoms with Gasteiger partial charge in [0, 0.05) is 6.61 Å². The van der Waals surface area contributed by atoms with Crippen LogP contribution in [0.2, 0.25) is 0 Å². The molecule has 0 aliphatic heterocycles. The molecule has 0 spiro atoms. The molecule has 2 atom stereocenters. The van der Waals surface area contributed by atoms with Gasteiger partial charge in [-0.2, -0.15) is 0 Å². The standard InChI is InChI=1S/C9H18FNO/c10-5-2-6-12-9-4-1-3-8(9)7-11/h8-9H,1-7,11H2. The van der Waals surface area contributed by atoms with Gasteiger partial charge in [-0.3, -0.25) is 4.39 Å². The highest BCUT2D eigenvalue weighted by atomic mass is 19.1. The second kappa shape index (κ2) is 5.49. The van der Waals surface area contributed by atoms with E-state index in [1.165, 1.54) is 12.8 Å². The van der Waals surface area contributed by atoms with Crippen LogP contribution in [0.4, 0.5) is 4.39 Å². The molecular formula is C9H18FNO. The Morgan fingerprint density at radius 2 is 2.25 bits per heavy atom. The number of hydrogen-bond donors (Lipinski definition) is 1. The van der Waals surface area contributed by atoms with Crippen molar-refractivity contribution in [2.24, 2.45) is 11.7 Å². The van der Waals surface area contributed by atoms with E-state index in [-0.39, 0.29) is 6.67 Å². The molecule has 0 aromatic carbocycles. The Hall–Kier alpha value is -0.150. The summed E-state index contributed by atoms with van der Waals surface area (Å²) in [5.74, 6) is 0.518. The molecule has 1 fully saturated rings. The molecule has 1 saturated carbocycles. The summed E-state index contributed by atoms with van der Waals surface area (Å²) in [5, 5.41) is 0. The molecule has 2 N–H and O–H groups in total. The van der Waals surface area contributed by atoms with E-state index >= 15 is 0 Å². The summed E-state index contributed by atoms with van der Waals surface area (Å²) >= 11 is 0. The first-order chi connectivity index (χ1) is 5.88. The molecule has 72 valence electrons. The van der Waals surface area contributed by atoms with Crippen molar-refractivity contribution in [2.75, 3.05) is 19.8 Å². The van der Waals surface area contributed by atoms with Crippen molar-refractivity contribution >= 4 is 0 Å². The Balaban J connectivity index is 2.12. The summed E-state index contributed by atoms with van der Waals surface area (Å²) < 4.78 is 17.3. The lowest BCUT2D eigenvalue weighted by molar-refractivity contribution is 0.0266. The fourth-order valence-electron chi connectivity index (χ4n) is 1.78. The van der Waals surface area contributed by atoms with E-state index in [9.17, 15) is 4.39 Å². The fourth-order valence-corrected chi connectivity index (χ4v) is 1.78. The second-order valence-electron chi connectivity index (χ2n) is 3.38. The normalized spacial score (nSPS) is 29.5. The minimum absolute atomic E-state index is 0.278. The number of hydrogen-bond acceptors (Lipinski definition) is 2. The molecule has 1 aliphatic rings. The lowest BCUT2D eigenvalue weighted by atomic mass is 10.1. The quantitative estimate of drug-likeness (QED) is 0.642. The zero-order valence-electron chi connectivity index (χ0n) is 7.47. The maximum absolute atomic E-state index is 11.7. The van der Waals surface area contributed by atoms with Gasteiger partial charge in [0.15, 0.2) is 0 Å². The molecule has 2 nitrogen and oxygen atoms in total.